The fourth-order valence-electron chi connectivity index (χ4n) is 2.86. The average Bonchev–Trinajstić information content (AvgIpc) is 3.34. The lowest BCUT2D eigenvalue weighted by Crippen LogP contribution is -2.42. The second-order valence-electron chi connectivity index (χ2n) is 6.02. The lowest BCUT2D eigenvalue weighted by Gasteiger charge is -2.11. The van der Waals surface area contributed by atoms with Crippen LogP contribution in [0.15, 0.2) is 46.9 Å². The largest absolute Gasteiger partial charge is 0.332 e. The standard InChI is InChI=1S/C16H15N9O3/c1-22-9-19-14-12(22)15(27)24(16(28)23(14)2)7-11(26)21-10-6-17-8-18-13(10)25-5-3-4-20-25/h3-6,8-9H,7H2,1-2H3,(H,21,26). The molecule has 4 aromatic rings. The molecule has 0 saturated carbocycles. The van der Waals surface area contributed by atoms with Crippen molar-refractivity contribution in [1.82, 2.24) is 38.4 Å². The van der Waals surface area contributed by atoms with E-state index in [4.69, 9.17) is 0 Å². The van der Waals surface area contributed by atoms with Gasteiger partial charge in [0, 0.05) is 26.5 Å². The molecule has 0 aliphatic carbocycles. The molecule has 28 heavy (non-hydrogen) atoms. The van der Waals surface area contributed by atoms with Crippen molar-refractivity contribution >= 4 is 22.8 Å². The van der Waals surface area contributed by atoms with Crippen LogP contribution in [0.5, 0.6) is 0 Å². The molecule has 12 heteroatoms. The number of hydrogen-bond donors (Lipinski definition) is 1. The van der Waals surface area contributed by atoms with Crippen LogP contribution in [0.3, 0.4) is 0 Å². The van der Waals surface area contributed by atoms with Gasteiger partial charge in [0.25, 0.3) is 5.56 Å². The van der Waals surface area contributed by atoms with Gasteiger partial charge in [-0.2, -0.15) is 5.10 Å². The number of aryl methyl sites for hydroxylation is 2. The van der Waals surface area contributed by atoms with Crippen LogP contribution in [0.1, 0.15) is 0 Å². The summed E-state index contributed by atoms with van der Waals surface area (Å²) in [6.45, 7) is -0.472. The maximum absolute atomic E-state index is 12.7. The van der Waals surface area contributed by atoms with Crippen molar-refractivity contribution in [3.8, 4) is 5.82 Å². The number of nitrogens with zero attached hydrogens (tertiary/aromatic N) is 8. The Morgan fingerprint density at radius 1 is 1.21 bits per heavy atom. The highest BCUT2D eigenvalue weighted by atomic mass is 16.2. The molecule has 4 heterocycles. The Kier molecular flexibility index (Phi) is 4.07. The monoisotopic (exact) mass is 381 g/mol. The van der Waals surface area contributed by atoms with Crippen LogP contribution in [-0.4, -0.2) is 44.3 Å². The van der Waals surface area contributed by atoms with E-state index >= 15 is 0 Å². The van der Waals surface area contributed by atoms with E-state index in [-0.39, 0.29) is 11.2 Å². The van der Waals surface area contributed by atoms with Gasteiger partial charge in [-0.1, -0.05) is 0 Å². The predicted octanol–water partition coefficient (Wildman–Crippen LogP) is -0.952. The zero-order valence-electron chi connectivity index (χ0n) is 15.0. The Labute approximate surface area is 156 Å². The second-order valence-corrected chi connectivity index (χ2v) is 6.02. The van der Waals surface area contributed by atoms with Gasteiger partial charge in [0.15, 0.2) is 17.0 Å². The minimum Gasteiger partial charge on any atom is -0.328 e. The summed E-state index contributed by atoms with van der Waals surface area (Å²) in [6.07, 6.45) is 7.40. The van der Waals surface area contributed by atoms with E-state index in [9.17, 15) is 14.4 Å². The maximum Gasteiger partial charge on any atom is 0.332 e. The van der Waals surface area contributed by atoms with E-state index in [2.05, 4.69) is 25.4 Å². The molecule has 0 fully saturated rings. The third-order valence-electron chi connectivity index (χ3n) is 4.19. The number of rotatable bonds is 4. The van der Waals surface area contributed by atoms with Crippen LogP contribution >= 0.6 is 0 Å². The first-order valence-electron chi connectivity index (χ1n) is 8.18. The van der Waals surface area contributed by atoms with Gasteiger partial charge in [-0.15, -0.1) is 0 Å². The van der Waals surface area contributed by atoms with Crippen molar-refractivity contribution in [3.05, 3.63) is 58.1 Å². The van der Waals surface area contributed by atoms with Gasteiger partial charge in [0.1, 0.15) is 18.6 Å². The number of hydrogen-bond acceptors (Lipinski definition) is 7. The topological polar surface area (TPSA) is 135 Å². The fraction of sp³-hybridized carbons (Fsp3) is 0.188. The van der Waals surface area contributed by atoms with Gasteiger partial charge in [0.2, 0.25) is 5.91 Å². The van der Waals surface area contributed by atoms with E-state index in [0.717, 1.165) is 4.57 Å². The highest BCUT2D eigenvalue weighted by Gasteiger charge is 2.18. The number of aromatic nitrogens is 8. The number of fused-ring (bicyclic) bond motifs is 1. The first-order chi connectivity index (χ1) is 13.5. The van der Waals surface area contributed by atoms with E-state index in [1.54, 1.807) is 25.5 Å². The normalized spacial score (nSPS) is 11.1. The highest BCUT2D eigenvalue weighted by molar-refractivity contribution is 5.92. The summed E-state index contributed by atoms with van der Waals surface area (Å²) >= 11 is 0. The van der Waals surface area contributed by atoms with E-state index in [1.807, 2.05) is 0 Å². The second kappa shape index (κ2) is 6.57. The summed E-state index contributed by atoms with van der Waals surface area (Å²) in [5, 5.41) is 6.70. The Balaban J connectivity index is 1.69. The molecule has 0 saturated heterocycles. The molecule has 0 unspecified atom stereocenters. The van der Waals surface area contributed by atoms with Gasteiger partial charge in [0.05, 0.1) is 12.5 Å². The van der Waals surface area contributed by atoms with Crippen molar-refractivity contribution in [3.63, 3.8) is 0 Å². The molecule has 142 valence electrons. The van der Waals surface area contributed by atoms with E-state index in [1.165, 1.54) is 39.7 Å². The first-order valence-corrected chi connectivity index (χ1v) is 8.18. The van der Waals surface area contributed by atoms with E-state index in [0.29, 0.717) is 11.5 Å². The fourth-order valence-corrected chi connectivity index (χ4v) is 2.86. The number of anilines is 1. The Hall–Kier alpha value is -4.09. The maximum atomic E-state index is 12.7. The first kappa shape index (κ1) is 17.3. The molecule has 0 aliphatic heterocycles. The molecule has 0 bridgehead atoms. The Bertz CT molecular complexity index is 1300. The Morgan fingerprint density at radius 2 is 2.04 bits per heavy atom. The van der Waals surface area contributed by atoms with Crippen molar-refractivity contribution in [2.45, 2.75) is 6.54 Å². The Morgan fingerprint density at radius 3 is 2.79 bits per heavy atom. The number of nitrogens with one attached hydrogen (secondary N) is 1. The molecule has 1 N–H and O–H groups in total. The third kappa shape index (κ3) is 2.76. The molecule has 12 nitrogen and oxygen atoms in total. The van der Waals surface area contributed by atoms with Crippen molar-refractivity contribution in [1.29, 1.82) is 0 Å². The molecule has 4 rings (SSSR count). The molecule has 0 radical (unpaired) electrons. The van der Waals surface area contributed by atoms with Crippen LogP contribution in [0.4, 0.5) is 5.69 Å². The number of carbonyl (C=O) groups excluding carboxylic acids is 1. The predicted molar refractivity (Wildman–Crippen MR) is 98.0 cm³/mol. The lowest BCUT2D eigenvalue weighted by atomic mass is 10.4. The van der Waals surface area contributed by atoms with Crippen LogP contribution in [0, 0.1) is 0 Å². The number of amides is 1. The SMILES string of the molecule is Cn1cnc2c1c(=O)n(CC(=O)Nc1cncnc1-n1cccn1)c(=O)n2C. The zero-order valence-corrected chi connectivity index (χ0v) is 15.0. The van der Waals surface area contributed by atoms with Gasteiger partial charge in [-0.3, -0.25) is 14.2 Å². The summed E-state index contributed by atoms with van der Waals surface area (Å²) in [5.41, 5.74) is -0.447. The molecule has 0 aliphatic rings. The van der Waals surface area contributed by atoms with Crippen LogP contribution < -0.4 is 16.6 Å². The van der Waals surface area contributed by atoms with Crippen molar-refractivity contribution < 1.29 is 4.79 Å². The van der Waals surface area contributed by atoms with Gasteiger partial charge < -0.3 is 9.88 Å². The quantitative estimate of drug-likeness (QED) is 0.481. The molecular formula is C16H15N9O3. The summed E-state index contributed by atoms with van der Waals surface area (Å²) in [7, 11) is 3.13. The molecule has 0 spiro atoms. The van der Waals surface area contributed by atoms with Crippen LogP contribution in [0.25, 0.3) is 17.0 Å². The molecule has 0 atom stereocenters. The summed E-state index contributed by atoms with van der Waals surface area (Å²) in [5.74, 6) is -0.223. The minimum atomic E-state index is -0.636. The van der Waals surface area contributed by atoms with Gasteiger partial charge in [-0.25, -0.2) is 29.0 Å². The molecule has 4 aromatic heterocycles. The van der Waals surface area contributed by atoms with Gasteiger partial charge >= 0.3 is 5.69 Å². The minimum absolute atomic E-state index is 0.232. The summed E-state index contributed by atoms with van der Waals surface area (Å²) in [6, 6.07) is 1.71. The van der Waals surface area contributed by atoms with Crippen LogP contribution in [0.2, 0.25) is 0 Å². The summed E-state index contributed by atoms with van der Waals surface area (Å²) in [4.78, 5) is 49.8. The number of imidazole rings is 1. The van der Waals surface area contributed by atoms with Gasteiger partial charge in [-0.05, 0) is 6.07 Å². The highest BCUT2D eigenvalue weighted by Crippen LogP contribution is 2.14. The lowest BCUT2D eigenvalue weighted by molar-refractivity contribution is -0.116. The molecular weight excluding hydrogens is 366 g/mol. The molecule has 1 amide bonds. The van der Waals surface area contributed by atoms with Crippen molar-refractivity contribution in [2.24, 2.45) is 14.1 Å². The molecule has 0 aromatic carbocycles. The summed E-state index contributed by atoms with van der Waals surface area (Å²) < 4.78 is 5.05. The van der Waals surface area contributed by atoms with Crippen molar-refractivity contribution in [2.75, 3.05) is 5.32 Å². The number of carbonyl (C=O) groups is 1. The zero-order chi connectivity index (χ0) is 19.8. The average molecular weight is 381 g/mol. The third-order valence-corrected chi connectivity index (χ3v) is 4.19. The smallest absolute Gasteiger partial charge is 0.328 e. The van der Waals surface area contributed by atoms with Crippen LogP contribution in [-0.2, 0) is 25.4 Å². The van der Waals surface area contributed by atoms with E-state index < -0.39 is 23.7 Å².